The highest BCUT2D eigenvalue weighted by Gasteiger charge is 2.13. The van der Waals surface area contributed by atoms with Gasteiger partial charge in [0.2, 0.25) is 5.95 Å². The van der Waals surface area contributed by atoms with Crippen LogP contribution >= 0.6 is 0 Å². The van der Waals surface area contributed by atoms with Gasteiger partial charge in [-0.05, 0) is 6.92 Å². The van der Waals surface area contributed by atoms with Crippen molar-refractivity contribution in [2.75, 3.05) is 24.2 Å². The van der Waals surface area contributed by atoms with Crippen LogP contribution in [0.3, 0.4) is 0 Å². The van der Waals surface area contributed by atoms with Gasteiger partial charge in [-0.25, -0.2) is 0 Å². The van der Waals surface area contributed by atoms with Gasteiger partial charge in [-0.2, -0.15) is 15.1 Å². The Morgan fingerprint density at radius 2 is 2.31 bits per heavy atom. The molecular formula is C9H14N6O. The van der Waals surface area contributed by atoms with E-state index < -0.39 is 6.10 Å². The predicted molar refractivity (Wildman–Crippen MR) is 61.0 cm³/mol. The maximum absolute atomic E-state index is 9.34. The van der Waals surface area contributed by atoms with Crippen LogP contribution in [0.25, 0.3) is 11.0 Å². The minimum atomic E-state index is -0.442. The van der Waals surface area contributed by atoms with Gasteiger partial charge in [-0.1, -0.05) is 0 Å². The van der Waals surface area contributed by atoms with E-state index in [0.717, 1.165) is 5.39 Å². The van der Waals surface area contributed by atoms with Gasteiger partial charge in [0.15, 0.2) is 5.65 Å². The summed E-state index contributed by atoms with van der Waals surface area (Å²) >= 11 is 0. The van der Waals surface area contributed by atoms with Crippen molar-refractivity contribution in [3.8, 4) is 0 Å². The first-order chi connectivity index (χ1) is 7.58. The van der Waals surface area contributed by atoms with Crippen LogP contribution in [0.1, 0.15) is 6.92 Å². The van der Waals surface area contributed by atoms with E-state index in [9.17, 15) is 5.11 Å². The molecule has 1 unspecified atom stereocenters. The highest BCUT2D eigenvalue weighted by atomic mass is 16.3. The van der Waals surface area contributed by atoms with Crippen molar-refractivity contribution >= 4 is 22.8 Å². The quantitative estimate of drug-likeness (QED) is 0.661. The van der Waals surface area contributed by atoms with Crippen LogP contribution < -0.4 is 10.6 Å². The molecule has 0 aliphatic carbocycles. The highest BCUT2D eigenvalue weighted by molar-refractivity contribution is 5.87. The lowest BCUT2D eigenvalue weighted by Gasteiger charge is -2.20. The number of aliphatic hydroxyl groups is 1. The zero-order valence-corrected chi connectivity index (χ0v) is 9.18. The SMILES string of the molecule is CC(O)CN(C)c1nc(N)nc2[nH]ncc12. The van der Waals surface area contributed by atoms with E-state index >= 15 is 0 Å². The molecule has 0 amide bonds. The van der Waals surface area contributed by atoms with Gasteiger partial charge in [0.1, 0.15) is 5.82 Å². The maximum atomic E-state index is 9.34. The van der Waals surface area contributed by atoms with E-state index in [1.165, 1.54) is 0 Å². The Morgan fingerprint density at radius 1 is 1.56 bits per heavy atom. The molecule has 0 aliphatic heterocycles. The van der Waals surface area contributed by atoms with Crippen molar-refractivity contribution in [3.63, 3.8) is 0 Å². The van der Waals surface area contributed by atoms with Crippen molar-refractivity contribution in [2.45, 2.75) is 13.0 Å². The molecule has 0 saturated heterocycles. The molecule has 7 nitrogen and oxygen atoms in total. The van der Waals surface area contributed by atoms with Crippen LogP contribution in [0.2, 0.25) is 0 Å². The number of nitrogens with one attached hydrogen (secondary N) is 1. The molecule has 4 N–H and O–H groups in total. The van der Waals surface area contributed by atoms with Gasteiger partial charge in [-0.3, -0.25) is 5.10 Å². The first-order valence-electron chi connectivity index (χ1n) is 4.93. The zero-order chi connectivity index (χ0) is 11.7. The Kier molecular flexibility index (Phi) is 2.61. The fourth-order valence-electron chi connectivity index (χ4n) is 1.61. The normalized spacial score (nSPS) is 12.9. The smallest absolute Gasteiger partial charge is 0.224 e. The van der Waals surface area contributed by atoms with Crippen LogP contribution in [0.5, 0.6) is 0 Å². The number of anilines is 2. The van der Waals surface area contributed by atoms with Crippen LogP contribution in [-0.4, -0.2) is 45.0 Å². The van der Waals surface area contributed by atoms with Crippen molar-refractivity contribution in [2.24, 2.45) is 0 Å². The molecule has 0 saturated carbocycles. The van der Waals surface area contributed by atoms with E-state index in [0.29, 0.717) is 18.0 Å². The summed E-state index contributed by atoms with van der Waals surface area (Å²) in [5.41, 5.74) is 6.19. The highest BCUT2D eigenvalue weighted by Crippen LogP contribution is 2.21. The third-order valence-corrected chi connectivity index (χ3v) is 2.21. The number of aliphatic hydroxyl groups excluding tert-OH is 1. The maximum Gasteiger partial charge on any atom is 0.224 e. The first-order valence-corrected chi connectivity index (χ1v) is 4.93. The number of nitrogen functional groups attached to an aromatic ring is 1. The van der Waals surface area contributed by atoms with Crippen LogP contribution in [0.15, 0.2) is 6.20 Å². The standard InChI is InChI=1S/C9H14N6O/c1-5(16)4-15(2)8-6-3-11-14-7(6)12-9(10)13-8/h3,5,16H,4H2,1-2H3,(H3,10,11,12,13,14). The van der Waals surface area contributed by atoms with Gasteiger partial charge in [0.05, 0.1) is 17.7 Å². The van der Waals surface area contributed by atoms with E-state index in [1.807, 2.05) is 11.9 Å². The van der Waals surface area contributed by atoms with Crippen molar-refractivity contribution in [1.82, 2.24) is 20.2 Å². The monoisotopic (exact) mass is 222 g/mol. The van der Waals surface area contributed by atoms with Crippen molar-refractivity contribution < 1.29 is 5.11 Å². The first kappa shape index (κ1) is 10.6. The summed E-state index contributed by atoms with van der Waals surface area (Å²) in [4.78, 5) is 9.99. The minimum Gasteiger partial charge on any atom is -0.392 e. The van der Waals surface area contributed by atoms with Gasteiger partial charge >= 0.3 is 0 Å². The molecule has 2 aromatic heterocycles. The van der Waals surface area contributed by atoms with Gasteiger partial charge < -0.3 is 15.7 Å². The van der Waals surface area contributed by atoms with Gasteiger partial charge in [-0.15, -0.1) is 0 Å². The summed E-state index contributed by atoms with van der Waals surface area (Å²) in [6.07, 6.45) is 1.20. The number of rotatable bonds is 3. The molecule has 7 heteroatoms. The summed E-state index contributed by atoms with van der Waals surface area (Å²) in [6, 6.07) is 0. The lowest BCUT2D eigenvalue weighted by atomic mass is 10.3. The largest absolute Gasteiger partial charge is 0.392 e. The number of nitrogens with zero attached hydrogens (tertiary/aromatic N) is 4. The molecule has 0 aliphatic rings. The molecule has 2 aromatic rings. The third kappa shape index (κ3) is 1.89. The molecule has 1 atom stereocenters. The van der Waals surface area contributed by atoms with E-state index in [2.05, 4.69) is 20.2 Å². The molecule has 0 fully saturated rings. The second kappa shape index (κ2) is 3.93. The topological polar surface area (TPSA) is 104 Å². The fraction of sp³-hybridized carbons (Fsp3) is 0.444. The Balaban J connectivity index is 2.45. The second-order valence-electron chi connectivity index (χ2n) is 3.77. The van der Waals surface area contributed by atoms with Crippen molar-refractivity contribution in [3.05, 3.63) is 6.20 Å². The average molecular weight is 222 g/mol. The Bertz CT molecular complexity index is 494. The minimum absolute atomic E-state index is 0.184. The van der Waals surface area contributed by atoms with E-state index in [-0.39, 0.29) is 5.95 Å². The molecule has 2 rings (SSSR count). The molecule has 86 valence electrons. The number of fused-ring (bicyclic) bond motifs is 1. The van der Waals surface area contributed by atoms with Crippen LogP contribution in [0, 0.1) is 0 Å². The number of hydrogen-bond acceptors (Lipinski definition) is 6. The average Bonchev–Trinajstić information content (AvgIpc) is 2.62. The molecule has 0 spiro atoms. The molecule has 0 radical (unpaired) electrons. The molecule has 0 bridgehead atoms. The summed E-state index contributed by atoms with van der Waals surface area (Å²) in [5.74, 6) is 0.848. The number of aromatic amines is 1. The number of aromatic nitrogens is 4. The second-order valence-corrected chi connectivity index (χ2v) is 3.77. The van der Waals surface area contributed by atoms with E-state index in [4.69, 9.17) is 5.73 Å². The lowest BCUT2D eigenvalue weighted by molar-refractivity contribution is 0.201. The third-order valence-electron chi connectivity index (χ3n) is 2.21. The Hall–Kier alpha value is -1.89. The molecule has 2 heterocycles. The van der Waals surface area contributed by atoms with Gasteiger partial charge in [0.25, 0.3) is 0 Å². The number of hydrogen-bond donors (Lipinski definition) is 3. The molecule has 0 aromatic carbocycles. The number of H-pyrrole nitrogens is 1. The Labute approximate surface area is 92.3 Å². The number of likely N-dealkylation sites (N-methyl/N-ethyl adjacent to an activating group) is 1. The summed E-state index contributed by atoms with van der Waals surface area (Å²) < 4.78 is 0. The predicted octanol–water partition coefficient (Wildman–Crippen LogP) is -0.248. The summed E-state index contributed by atoms with van der Waals surface area (Å²) in [7, 11) is 1.83. The zero-order valence-electron chi connectivity index (χ0n) is 9.18. The van der Waals surface area contributed by atoms with Crippen LogP contribution in [0.4, 0.5) is 11.8 Å². The van der Waals surface area contributed by atoms with Crippen LogP contribution in [-0.2, 0) is 0 Å². The number of nitrogens with two attached hydrogens (primary N) is 1. The summed E-state index contributed by atoms with van der Waals surface area (Å²) in [5, 5.41) is 16.8. The fourth-order valence-corrected chi connectivity index (χ4v) is 1.61. The molecular weight excluding hydrogens is 208 g/mol. The Morgan fingerprint density at radius 3 is 3.00 bits per heavy atom. The summed E-state index contributed by atoms with van der Waals surface area (Å²) in [6.45, 7) is 2.18. The van der Waals surface area contributed by atoms with Crippen molar-refractivity contribution in [1.29, 1.82) is 0 Å². The molecule has 16 heavy (non-hydrogen) atoms. The van der Waals surface area contributed by atoms with Gasteiger partial charge in [0, 0.05) is 13.6 Å². The van der Waals surface area contributed by atoms with E-state index in [1.54, 1.807) is 13.1 Å². The lowest BCUT2D eigenvalue weighted by Crippen LogP contribution is -2.28.